The van der Waals surface area contributed by atoms with Gasteiger partial charge in [-0.2, -0.15) is 0 Å². The number of hydrogen-bond acceptors (Lipinski definition) is 3. The highest BCUT2D eigenvalue weighted by Crippen LogP contribution is 2.23. The number of hydrogen-bond donors (Lipinski definition) is 0. The van der Waals surface area contributed by atoms with E-state index in [9.17, 15) is 14.4 Å². The van der Waals surface area contributed by atoms with Gasteiger partial charge in [0.15, 0.2) is 5.78 Å². The molecule has 0 aliphatic rings. The van der Waals surface area contributed by atoms with E-state index in [-0.39, 0.29) is 23.8 Å². The molecule has 0 fully saturated rings. The molecule has 0 saturated carbocycles. The van der Waals surface area contributed by atoms with E-state index >= 15 is 0 Å². The average Bonchev–Trinajstić information content (AvgIpc) is 2.76. The van der Waals surface area contributed by atoms with Gasteiger partial charge < -0.3 is 4.79 Å². The maximum atomic E-state index is 12.9. The molecule has 0 radical (unpaired) electrons. The summed E-state index contributed by atoms with van der Waals surface area (Å²) in [5.74, 6) is -0.416. The Hall–Kier alpha value is -2.81. The average molecular weight is 407 g/mol. The summed E-state index contributed by atoms with van der Waals surface area (Å²) in [4.78, 5) is 37.2. The van der Waals surface area contributed by atoms with Crippen LogP contribution in [0.4, 0.5) is 0 Å². The molecule has 1 atom stereocenters. The maximum Gasteiger partial charge on any atom is 0.164 e. The predicted octanol–water partition coefficient (Wildman–Crippen LogP) is 6.51. The molecule has 0 heterocycles. The minimum atomic E-state index is -0.432. The number of rotatable bonds is 11. The molecular weight excluding hydrogens is 372 g/mol. The molecular formula is C27H34O3. The Morgan fingerprint density at radius 2 is 1.40 bits per heavy atom. The number of Topliss-reactive ketones (excluding diaryl/α,β-unsaturated/α-hetero) is 3. The molecule has 0 N–H and O–H groups in total. The van der Waals surface area contributed by atoms with Crippen LogP contribution in [0.3, 0.4) is 0 Å². The third-order valence-electron chi connectivity index (χ3n) is 4.92. The number of benzene rings is 2. The van der Waals surface area contributed by atoms with E-state index in [1.54, 1.807) is 6.07 Å². The molecule has 0 bridgehead atoms. The summed E-state index contributed by atoms with van der Waals surface area (Å²) in [5.41, 5.74) is 3.33. The lowest BCUT2D eigenvalue weighted by Crippen LogP contribution is -2.20. The molecule has 3 heteroatoms. The first-order chi connectivity index (χ1) is 14.4. The number of aryl methyl sites for hydroxylation is 1. The minimum Gasteiger partial charge on any atom is -0.300 e. The van der Waals surface area contributed by atoms with Gasteiger partial charge in [0.05, 0.1) is 0 Å². The first-order valence-electron chi connectivity index (χ1n) is 10.7. The second kappa shape index (κ2) is 13.4. The second-order valence-electron chi connectivity index (χ2n) is 7.34. The first kappa shape index (κ1) is 25.2. The van der Waals surface area contributed by atoms with Crippen molar-refractivity contribution in [3.05, 3.63) is 77.9 Å². The van der Waals surface area contributed by atoms with Gasteiger partial charge >= 0.3 is 0 Å². The van der Waals surface area contributed by atoms with Crippen molar-refractivity contribution in [2.24, 2.45) is 5.92 Å². The highest BCUT2D eigenvalue weighted by atomic mass is 16.1. The van der Waals surface area contributed by atoms with Gasteiger partial charge in [-0.15, -0.1) is 0 Å². The monoisotopic (exact) mass is 406 g/mol. The second-order valence-corrected chi connectivity index (χ2v) is 7.34. The summed E-state index contributed by atoms with van der Waals surface area (Å²) in [6.07, 6.45) is 1.89. The van der Waals surface area contributed by atoms with Crippen molar-refractivity contribution in [1.82, 2.24) is 0 Å². The van der Waals surface area contributed by atoms with Crippen LogP contribution in [0.25, 0.3) is 5.57 Å². The van der Waals surface area contributed by atoms with Crippen molar-refractivity contribution < 1.29 is 14.4 Å². The Morgan fingerprint density at radius 3 is 1.97 bits per heavy atom. The molecule has 1 unspecified atom stereocenters. The topological polar surface area (TPSA) is 51.2 Å². The van der Waals surface area contributed by atoms with Crippen LogP contribution < -0.4 is 0 Å². The zero-order chi connectivity index (χ0) is 22.5. The fraction of sp³-hybridized carbons (Fsp3) is 0.370. The molecule has 2 aromatic rings. The zero-order valence-electron chi connectivity index (χ0n) is 18.7. The van der Waals surface area contributed by atoms with Crippen molar-refractivity contribution in [1.29, 1.82) is 0 Å². The Morgan fingerprint density at radius 1 is 0.833 bits per heavy atom. The highest BCUT2D eigenvalue weighted by Gasteiger charge is 2.24. The zero-order valence-corrected chi connectivity index (χ0v) is 18.7. The van der Waals surface area contributed by atoms with E-state index in [1.807, 2.05) is 69.3 Å². The lowest BCUT2D eigenvalue weighted by molar-refractivity contribution is -0.123. The Balaban J connectivity index is 0.00000218. The van der Waals surface area contributed by atoms with Gasteiger partial charge in [-0.05, 0) is 37.8 Å². The molecule has 0 spiro atoms. The van der Waals surface area contributed by atoms with Crippen LogP contribution in [0.15, 0.2) is 61.2 Å². The fourth-order valence-electron chi connectivity index (χ4n) is 3.30. The van der Waals surface area contributed by atoms with E-state index in [0.717, 1.165) is 16.7 Å². The summed E-state index contributed by atoms with van der Waals surface area (Å²) in [5, 5.41) is 0. The van der Waals surface area contributed by atoms with Gasteiger partial charge in [0.1, 0.15) is 11.6 Å². The molecule has 3 nitrogen and oxygen atoms in total. The van der Waals surface area contributed by atoms with Gasteiger partial charge in [-0.3, -0.25) is 9.59 Å². The summed E-state index contributed by atoms with van der Waals surface area (Å²) in [6, 6.07) is 17.2. The Labute approximate surface area is 181 Å². The Kier molecular flexibility index (Phi) is 11.3. The van der Waals surface area contributed by atoms with Crippen LogP contribution in [-0.4, -0.2) is 17.3 Å². The smallest absolute Gasteiger partial charge is 0.164 e. The van der Waals surface area contributed by atoms with Crippen LogP contribution in [0.5, 0.6) is 0 Å². The molecule has 160 valence electrons. The summed E-state index contributed by atoms with van der Waals surface area (Å²) in [7, 11) is 0. The largest absolute Gasteiger partial charge is 0.300 e. The van der Waals surface area contributed by atoms with Crippen LogP contribution in [0, 0.1) is 5.92 Å². The lowest BCUT2D eigenvalue weighted by Gasteiger charge is -2.16. The molecule has 0 aliphatic carbocycles. The SMILES string of the molecule is C=C(C)c1ccccc1C(=O)CC(CCC(C)=O)C(=O)CCc1ccccc1.CC. The Bertz CT molecular complexity index is 849. The molecule has 2 rings (SSSR count). The number of ketones is 3. The number of allylic oxidation sites excluding steroid dienone is 1. The molecule has 0 amide bonds. The van der Waals surface area contributed by atoms with Gasteiger partial charge in [0, 0.05) is 30.7 Å². The number of carbonyl (C=O) groups is 3. The fourth-order valence-corrected chi connectivity index (χ4v) is 3.30. The predicted molar refractivity (Wildman–Crippen MR) is 125 cm³/mol. The molecule has 0 aliphatic heterocycles. The van der Waals surface area contributed by atoms with Crippen LogP contribution >= 0.6 is 0 Å². The standard InChI is InChI=1S/C25H28O3.C2H6/c1-18(2)22-11-7-8-12-23(22)25(28)17-21(15-13-19(3)26)24(27)16-14-20-9-5-4-6-10-20;1-2/h4-12,21H,1,13-17H2,2-3H3;1-2H3. The number of carbonyl (C=O) groups excluding carboxylic acids is 3. The van der Waals surface area contributed by atoms with Crippen molar-refractivity contribution in [3.8, 4) is 0 Å². The summed E-state index contributed by atoms with van der Waals surface area (Å²) in [6.45, 7) is 11.3. The van der Waals surface area contributed by atoms with E-state index in [0.29, 0.717) is 31.2 Å². The van der Waals surface area contributed by atoms with Gasteiger partial charge in [0.2, 0.25) is 0 Å². The normalized spacial score (nSPS) is 11.1. The molecule has 30 heavy (non-hydrogen) atoms. The van der Waals surface area contributed by atoms with Crippen LogP contribution in [0.2, 0.25) is 0 Å². The van der Waals surface area contributed by atoms with Gasteiger partial charge in [-0.1, -0.05) is 80.6 Å². The van der Waals surface area contributed by atoms with Gasteiger partial charge in [-0.25, -0.2) is 0 Å². The van der Waals surface area contributed by atoms with Crippen LogP contribution in [0.1, 0.15) is 74.9 Å². The van der Waals surface area contributed by atoms with E-state index in [2.05, 4.69) is 6.58 Å². The van der Waals surface area contributed by atoms with E-state index in [1.165, 1.54) is 6.92 Å². The highest BCUT2D eigenvalue weighted by molar-refractivity contribution is 6.02. The third kappa shape index (κ3) is 8.28. The van der Waals surface area contributed by atoms with Gasteiger partial charge in [0.25, 0.3) is 0 Å². The maximum absolute atomic E-state index is 12.9. The van der Waals surface area contributed by atoms with Crippen molar-refractivity contribution in [2.75, 3.05) is 0 Å². The summed E-state index contributed by atoms with van der Waals surface area (Å²) >= 11 is 0. The van der Waals surface area contributed by atoms with Crippen molar-refractivity contribution in [2.45, 2.75) is 59.8 Å². The molecule has 2 aromatic carbocycles. The van der Waals surface area contributed by atoms with Crippen molar-refractivity contribution in [3.63, 3.8) is 0 Å². The van der Waals surface area contributed by atoms with Crippen LogP contribution in [-0.2, 0) is 16.0 Å². The van der Waals surface area contributed by atoms with E-state index in [4.69, 9.17) is 0 Å². The minimum absolute atomic E-state index is 0.0376. The third-order valence-corrected chi connectivity index (χ3v) is 4.92. The lowest BCUT2D eigenvalue weighted by atomic mass is 9.86. The first-order valence-corrected chi connectivity index (χ1v) is 10.7. The molecule has 0 aromatic heterocycles. The molecule has 0 saturated heterocycles. The van der Waals surface area contributed by atoms with E-state index < -0.39 is 5.92 Å². The quantitative estimate of drug-likeness (QED) is 0.400. The summed E-state index contributed by atoms with van der Waals surface area (Å²) < 4.78 is 0. The van der Waals surface area contributed by atoms with Crippen molar-refractivity contribution >= 4 is 22.9 Å².